The van der Waals surface area contributed by atoms with E-state index in [-0.39, 0.29) is 18.2 Å². The van der Waals surface area contributed by atoms with Crippen molar-refractivity contribution in [1.82, 2.24) is 10.3 Å². The molecule has 1 N–H and O–H groups in total. The number of benzene rings is 1. The fraction of sp³-hybridized carbons (Fsp3) is 0.316. The summed E-state index contributed by atoms with van der Waals surface area (Å²) in [6.07, 6.45) is 1.68. The second-order valence-electron chi connectivity index (χ2n) is 4.77. The number of carbonyl (C=O) groups is 1. The number of aromatic nitrogens is 1. The van der Waals surface area contributed by atoms with Crippen LogP contribution < -0.4 is 10.1 Å². The van der Waals surface area contributed by atoms with Gasteiger partial charge in [0, 0.05) is 24.4 Å². The van der Waals surface area contributed by atoms with Crippen molar-refractivity contribution in [3.8, 4) is 5.88 Å². The van der Waals surface area contributed by atoms with E-state index >= 15 is 0 Å². The number of likely N-dealkylation sites (N-methyl/N-ethyl adjacent to an activating group) is 1. The number of hydrogen-bond acceptors (Lipinski definition) is 5. The minimum Gasteiger partial charge on any atom is -0.473 e. The Hall–Kier alpha value is -2.89. The molecule has 6 heteroatoms. The summed E-state index contributed by atoms with van der Waals surface area (Å²) in [6.45, 7) is 6.20. The standard InChI is InChI=1S/C17H19N3O3.C2H6/c1-12-7-6-10-19-17(12)23-11-13-8-4-5-9-14(13)15(20-22-3)16(21)18-2;1-2/h4-10H,11H2,1-3H3,(H,18,21);1-2H3/b20-15+;. The number of nitrogens with zero attached hydrogens (tertiary/aromatic N) is 2. The maximum Gasteiger partial charge on any atom is 0.273 e. The highest BCUT2D eigenvalue weighted by molar-refractivity contribution is 6.45. The Kier molecular flexibility index (Phi) is 8.71. The van der Waals surface area contributed by atoms with E-state index in [2.05, 4.69) is 15.5 Å². The Bertz CT molecular complexity index is 715. The summed E-state index contributed by atoms with van der Waals surface area (Å²) >= 11 is 0. The molecule has 134 valence electrons. The van der Waals surface area contributed by atoms with Gasteiger partial charge in [0.1, 0.15) is 13.7 Å². The number of pyridine rings is 1. The Balaban J connectivity index is 0.00000151. The molecule has 1 aromatic carbocycles. The monoisotopic (exact) mass is 343 g/mol. The number of amides is 1. The lowest BCUT2D eigenvalue weighted by molar-refractivity contribution is -0.114. The molecule has 0 atom stereocenters. The summed E-state index contributed by atoms with van der Waals surface area (Å²) in [5, 5.41) is 6.39. The molecule has 0 fully saturated rings. The third kappa shape index (κ3) is 5.60. The molecule has 0 aliphatic heterocycles. The number of ether oxygens (including phenoxy) is 1. The Labute approximate surface area is 148 Å². The van der Waals surface area contributed by atoms with Crippen LogP contribution in [0.2, 0.25) is 0 Å². The fourth-order valence-corrected chi connectivity index (χ4v) is 2.07. The van der Waals surface area contributed by atoms with Crippen molar-refractivity contribution in [1.29, 1.82) is 0 Å². The highest BCUT2D eigenvalue weighted by Crippen LogP contribution is 2.17. The van der Waals surface area contributed by atoms with Gasteiger partial charge in [0.2, 0.25) is 5.88 Å². The van der Waals surface area contributed by atoms with Crippen molar-refractivity contribution >= 4 is 11.6 Å². The van der Waals surface area contributed by atoms with Crippen LogP contribution in [0.3, 0.4) is 0 Å². The van der Waals surface area contributed by atoms with Crippen LogP contribution in [-0.2, 0) is 16.2 Å². The van der Waals surface area contributed by atoms with Crippen molar-refractivity contribution in [2.24, 2.45) is 5.16 Å². The molecule has 0 aliphatic rings. The van der Waals surface area contributed by atoms with E-state index < -0.39 is 0 Å². The molecule has 0 radical (unpaired) electrons. The molecule has 2 aromatic rings. The van der Waals surface area contributed by atoms with Gasteiger partial charge in [-0.2, -0.15) is 0 Å². The average Bonchev–Trinajstić information content (AvgIpc) is 2.67. The van der Waals surface area contributed by atoms with Crippen LogP contribution in [0, 0.1) is 6.92 Å². The highest BCUT2D eigenvalue weighted by atomic mass is 16.6. The predicted octanol–water partition coefficient (Wildman–Crippen LogP) is 3.09. The zero-order valence-electron chi connectivity index (χ0n) is 15.4. The molecular weight excluding hydrogens is 318 g/mol. The first-order chi connectivity index (χ1) is 12.2. The minimum absolute atomic E-state index is 0.201. The normalized spacial score (nSPS) is 10.4. The van der Waals surface area contributed by atoms with Gasteiger partial charge in [-0.3, -0.25) is 4.79 Å². The molecule has 1 amide bonds. The summed E-state index contributed by atoms with van der Waals surface area (Å²) < 4.78 is 5.77. The average molecular weight is 343 g/mol. The van der Waals surface area contributed by atoms with Gasteiger partial charge < -0.3 is 14.9 Å². The third-order valence-corrected chi connectivity index (χ3v) is 3.22. The van der Waals surface area contributed by atoms with Crippen molar-refractivity contribution < 1.29 is 14.4 Å². The number of carbonyl (C=O) groups excluding carboxylic acids is 1. The van der Waals surface area contributed by atoms with Crippen molar-refractivity contribution in [2.45, 2.75) is 27.4 Å². The molecular formula is C19H25N3O3. The molecule has 1 heterocycles. The molecule has 0 aliphatic carbocycles. The van der Waals surface area contributed by atoms with Gasteiger partial charge in [0.25, 0.3) is 5.91 Å². The largest absolute Gasteiger partial charge is 0.473 e. The summed E-state index contributed by atoms with van der Waals surface area (Å²) in [5.74, 6) is 0.237. The predicted molar refractivity (Wildman–Crippen MR) is 98.7 cm³/mol. The lowest BCUT2D eigenvalue weighted by Crippen LogP contribution is -2.29. The second kappa shape index (κ2) is 10.8. The quantitative estimate of drug-likeness (QED) is 0.646. The first-order valence-electron chi connectivity index (χ1n) is 8.13. The zero-order chi connectivity index (χ0) is 18.7. The van der Waals surface area contributed by atoms with Crippen LogP contribution in [0.4, 0.5) is 0 Å². The van der Waals surface area contributed by atoms with Gasteiger partial charge in [-0.25, -0.2) is 4.98 Å². The first kappa shape index (κ1) is 20.2. The van der Waals surface area contributed by atoms with Crippen LogP contribution in [0.1, 0.15) is 30.5 Å². The van der Waals surface area contributed by atoms with Gasteiger partial charge in [0.15, 0.2) is 5.71 Å². The number of oxime groups is 1. The van der Waals surface area contributed by atoms with Gasteiger partial charge in [0.05, 0.1) is 0 Å². The van der Waals surface area contributed by atoms with E-state index in [0.717, 1.165) is 11.1 Å². The number of rotatable bonds is 6. The smallest absolute Gasteiger partial charge is 0.273 e. The van der Waals surface area contributed by atoms with Crippen LogP contribution in [0.25, 0.3) is 0 Å². The van der Waals surface area contributed by atoms with E-state index in [1.54, 1.807) is 19.3 Å². The summed E-state index contributed by atoms with van der Waals surface area (Å²) in [5.41, 5.74) is 2.62. The van der Waals surface area contributed by atoms with Crippen molar-refractivity contribution in [3.05, 3.63) is 59.3 Å². The lowest BCUT2D eigenvalue weighted by atomic mass is 10.0. The van der Waals surface area contributed by atoms with E-state index in [1.165, 1.54) is 7.11 Å². The Morgan fingerprint density at radius 1 is 1.20 bits per heavy atom. The van der Waals surface area contributed by atoms with Crippen LogP contribution in [0.15, 0.2) is 47.8 Å². The second-order valence-corrected chi connectivity index (χ2v) is 4.77. The number of nitrogens with one attached hydrogen (secondary N) is 1. The van der Waals surface area contributed by atoms with E-state index in [1.807, 2.05) is 51.1 Å². The number of hydrogen-bond donors (Lipinski definition) is 1. The lowest BCUT2D eigenvalue weighted by Gasteiger charge is -2.12. The summed E-state index contributed by atoms with van der Waals surface area (Å²) in [4.78, 5) is 21.0. The van der Waals surface area contributed by atoms with E-state index in [0.29, 0.717) is 11.4 Å². The van der Waals surface area contributed by atoms with Crippen LogP contribution >= 0.6 is 0 Å². The van der Waals surface area contributed by atoms with Gasteiger partial charge >= 0.3 is 0 Å². The zero-order valence-corrected chi connectivity index (χ0v) is 15.4. The molecule has 25 heavy (non-hydrogen) atoms. The molecule has 1 aromatic heterocycles. The first-order valence-corrected chi connectivity index (χ1v) is 8.13. The van der Waals surface area contributed by atoms with Gasteiger partial charge in [-0.15, -0.1) is 0 Å². The molecule has 0 saturated heterocycles. The van der Waals surface area contributed by atoms with E-state index in [4.69, 9.17) is 9.57 Å². The van der Waals surface area contributed by atoms with Gasteiger partial charge in [-0.1, -0.05) is 49.3 Å². The Morgan fingerprint density at radius 2 is 1.92 bits per heavy atom. The van der Waals surface area contributed by atoms with Gasteiger partial charge in [-0.05, 0) is 18.6 Å². The maximum atomic E-state index is 12.0. The van der Waals surface area contributed by atoms with Crippen molar-refractivity contribution in [3.63, 3.8) is 0 Å². The Morgan fingerprint density at radius 3 is 2.56 bits per heavy atom. The van der Waals surface area contributed by atoms with Crippen LogP contribution in [0.5, 0.6) is 5.88 Å². The molecule has 6 nitrogen and oxygen atoms in total. The SMILES string of the molecule is CC.CNC(=O)/C(=N/OC)c1ccccc1COc1ncccc1C. The highest BCUT2D eigenvalue weighted by Gasteiger charge is 2.17. The van der Waals surface area contributed by atoms with Crippen molar-refractivity contribution in [2.75, 3.05) is 14.2 Å². The molecule has 0 saturated carbocycles. The fourth-order valence-electron chi connectivity index (χ4n) is 2.07. The van der Waals surface area contributed by atoms with Crippen LogP contribution in [-0.4, -0.2) is 30.8 Å². The summed E-state index contributed by atoms with van der Waals surface area (Å²) in [7, 11) is 2.95. The summed E-state index contributed by atoms with van der Waals surface area (Å²) in [6, 6.07) is 11.2. The molecule has 0 unspecified atom stereocenters. The van der Waals surface area contributed by atoms with E-state index in [9.17, 15) is 4.79 Å². The molecule has 0 spiro atoms. The maximum absolute atomic E-state index is 12.0. The topological polar surface area (TPSA) is 72.8 Å². The molecule has 0 bridgehead atoms. The third-order valence-electron chi connectivity index (χ3n) is 3.22. The number of aryl methyl sites for hydroxylation is 1. The minimum atomic E-state index is -0.326. The molecule has 2 rings (SSSR count).